The van der Waals surface area contributed by atoms with Crippen molar-refractivity contribution in [1.82, 2.24) is 0 Å². The molecule has 0 fully saturated rings. The summed E-state index contributed by atoms with van der Waals surface area (Å²) >= 11 is 11.3. The minimum Gasteiger partial charge on any atom is -0.466 e. The lowest BCUT2D eigenvalue weighted by Gasteiger charge is -2.05. The topological polar surface area (TPSA) is 26.3 Å². The molecule has 0 aliphatic heterocycles. The average Bonchev–Trinajstić information content (AvgIpc) is 2.14. The van der Waals surface area contributed by atoms with Crippen molar-refractivity contribution in [1.29, 1.82) is 0 Å². The molecule has 5 heteroatoms. The van der Waals surface area contributed by atoms with Crippen LogP contribution in [0.1, 0.15) is 12.5 Å². The number of benzene rings is 1. The second kappa shape index (κ2) is 5.33. The summed E-state index contributed by atoms with van der Waals surface area (Å²) in [5.74, 6) is -1.05. The molecular weight excluding hydrogens is 242 g/mol. The van der Waals surface area contributed by atoms with E-state index in [1.165, 1.54) is 6.07 Å². The van der Waals surface area contributed by atoms with E-state index >= 15 is 0 Å². The van der Waals surface area contributed by atoms with Gasteiger partial charge >= 0.3 is 5.97 Å². The first-order chi connectivity index (χ1) is 7.04. The lowest BCUT2D eigenvalue weighted by molar-refractivity contribution is -0.142. The van der Waals surface area contributed by atoms with Gasteiger partial charge in [0.05, 0.1) is 23.1 Å². The van der Waals surface area contributed by atoms with Crippen LogP contribution in [0.15, 0.2) is 12.1 Å². The molecule has 0 unspecified atom stereocenters. The van der Waals surface area contributed by atoms with E-state index < -0.39 is 11.8 Å². The van der Waals surface area contributed by atoms with E-state index in [0.717, 1.165) is 6.07 Å². The standard InChI is InChI=1S/C10H9Cl2FO2/c1-2-15-10(14)4-6-3-7(11)8(12)5-9(6)13/h3,5H,2,4H2,1H3. The van der Waals surface area contributed by atoms with E-state index in [2.05, 4.69) is 4.74 Å². The van der Waals surface area contributed by atoms with E-state index in [1.807, 2.05) is 0 Å². The van der Waals surface area contributed by atoms with Crippen molar-refractivity contribution >= 4 is 29.2 Å². The fourth-order valence-electron chi connectivity index (χ4n) is 1.07. The third-order valence-corrected chi connectivity index (χ3v) is 2.45. The predicted octanol–water partition coefficient (Wildman–Crippen LogP) is 3.24. The summed E-state index contributed by atoms with van der Waals surface area (Å²) < 4.78 is 18.0. The number of carbonyl (C=O) groups is 1. The van der Waals surface area contributed by atoms with E-state index in [4.69, 9.17) is 23.2 Å². The molecular formula is C10H9Cl2FO2. The molecule has 1 aromatic carbocycles. The Bertz CT molecular complexity index is 380. The quantitative estimate of drug-likeness (QED) is 0.608. The largest absolute Gasteiger partial charge is 0.466 e. The van der Waals surface area contributed by atoms with Gasteiger partial charge in [0.1, 0.15) is 5.82 Å². The molecule has 0 bridgehead atoms. The third kappa shape index (κ3) is 3.36. The molecule has 0 aromatic heterocycles. The van der Waals surface area contributed by atoms with Gasteiger partial charge in [0.25, 0.3) is 0 Å². The highest BCUT2D eigenvalue weighted by molar-refractivity contribution is 6.42. The van der Waals surface area contributed by atoms with E-state index in [0.29, 0.717) is 0 Å². The second-order valence-corrected chi connectivity index (χ2v) is 3.65. The molecule has 0 spiro atoms. The molecule has 0 aliphatic rings. The number of halogens is 3. The minimum atomic E-state index is -0.558. The maximum Gasteiger partial charge on any atom is 0.310 e. The van der Waals surface area contributed by atoms with Crippen LogP contribution in [-0.2, 0) is 16.0 Å². The van der Waals surface area contributed by atoms with Crippen molar-refractivity contribution in [2.75, 3.05) is 6.61 Å². The summed E-state index contributed by atoms with van der Waals surface area (Å²) in [6, 6.07) is 2.41. The number of carbonyl (C=O) groups excluding carboxylic acids is 1. The minimum absolute atomic E-state index is 0.127. The lowest BCUT2D eigenvalue weighted by Crippen LogP contribution is -2.08. The van der Waals surface area contributed by atoms with Crippen molar-refractivity contribution in [3.05, 3.63) is 33.6 Å². The van der Waals surface area contributed by atoms with Crippen molar-refractivity contribution < 1.29 is 13.9 Å². The Kier molecular flexibility index (Phi) is 4.36. The molecule has 0 radical (unpaired) electrons. The van der Waals surface area contributed by atoms with Gasteiger partial charge in [0.15, 0.2) is 0 Å². The Morgan fingerprint density at radius 3 is 2.60 bits per heavy atom. The first kappa shape index (κ1) is 12.3. The fourth-order valence-corrected chi connectivity index (χ4v) is 1.40. The summed E-state index contributed by atoms with van der Waals surface area (Å²) in [7, 11) is 0. The van der Waals surface area contributed by atoms with Gasteiger partial charge in [-0.2, -0.15) is 0 Å². The summed E-state index contributed by atoms with van der Waals surface area (Å²) in [6.07, 6.45) is -0.142. The number of ether oxygens (including phenoxy) is 1. The molecule has 82 valence electrons. The highest BCUT2D eigenvalue weighted by Gasteiger charge is 2.11. The van der Waals surface area contributed by atoms with Gasteiger partial charge in [-0.05, 0) is 19.1 Å². The molecule has 0 saturated heterocycles. The van der Waals surface area contributed by atoms with Crippen LogP contribution in [0, 0.1) is 5.82 Å². The third-order valence-electron chi connectivity index (χ3n) is 1.73. The van der Waals surface area contributed by atoms with E-state index in [1.54, 1.807) is 6.92 Å². The molecule has 0 heterocycles. The van der Waals surface area contributed by atoms with Gasteiger partial charge in [0.2, 0.25) is 0 Å². The molecule has 1 rings (SSSR count). The van der Waals surface area contributed by atoms with Crippen LogP contribution in [0.2, 0.25) is 10.0 Å². The zero-order valence-electron chi connectivity index (χ0n) is 8.02. The van der Waals surface area contributed by atoms with Crippen molar-refractivity contribution in [3.8, 4) is 0 Å². The van der Waals surface area contributed by atoms with Crippen molar-refractivity contribution in [2.45, 2.75) is 13.3 Å². The van der Waals surface area contributed by atoms with Gasteiger partial charge in [-0.1, -0.05) is 23.2 Å². The average molecular weight is 251 g/mol. The predicted molar refractivity (Wildman–Crippen MR) is 56.8 cm³/mol. The maximum atomic E-state index is 13.3. The molecule has 2 nitrogen and oxygen atoms in total. The SMILES string of the molecule is CCOC(=O)Cc1cc(Cl)c(Cl)cc1F. The highest BCUT2D eigenvalue weighted by atomic mass is 35.5. The number of hydrogen-bond acceptors (Lipinski definition) is 2. The second-order valence-electron chi connectivity index (χ2n) is 2.84. The van der Waals surface area contributed by atoms with Gasteiger partial charge in [-0.3, -0.25) is 4.79 Å². The first-order valence-corrected chi connectivity index (χ1v) is 5.09. The fraction of sp³-hybridized carbons (Fsp3) is 0.300. The first-order valence-electron chi connectivity index (χ1n) is 4.33. The van der Waals surface area contributed by atoms with Crippen LogP contribution >= 0.6 is 23.2 Å². The maximum absolute atomic E-state index is 13.3. The lowest BCUT2D eigenvalue weighted by atomic mass is 10.1. The Labute approximate surface area is 96.9 Å². The Balaban J connectivity index is 2.86. The monoisotopic (exact) mass is 250 g/mol. The molecule has 1 aromatic rings. The smallest absolute Gasteiger partial charge is 0.310 e. The summed E-state index contributed by atoms with van der Waals surface area (Å²) in [5, 5.41) is 0.346. The molecule has 0 aliphatic carbocycles. The Morgan fingerprint density at radius 2 is 2.00 bits per heavy atom. The molecule has 0 atom stereocenters. The van der Waals surface area contributed by atoms with Gasteiger partial charge in [-0.25, -0.2) is 4.39 Å². The van der Waals surface area contributed by atoms with Crippen LogP contribution in [0.4, 0.5) is 4.39 Å². The normalized spacial score (nSPS) is 10.1. The van der Waals surface area contributed by atoms with Crippen LogP contribution < -0.4 is 0 Å². The Hall–Kier alpha value is -0.800. The van der Waals surface area contributed by atoms with Gasteiger partial charge in [-0.15, -0.1) is 0 Å². The number of esters is 1. The van der Waals surface area contributed by atoms with Gasteiger partial charge < -0.3 is 4.74 Å². The van der Waals surface area contributed by atoms with Crippen LogP contribution in [0.25, 0.3) is 0 Å². The zero-order valence-corrected chi connectivity index (χ0v) is 9.53. The summed E-state index contributed by atoms with van der Waals surface area (Å²) in [4.78, 5) is 11.1. The summed E-state index contributed by atoms with van der Waals surface area (Å²) in [6.45, 7) is 1.95. The van der Waals surface area contributed by atoms with E-state index in [-0.39, 0.29) is 28.6 Å². The van der Waals surface area contributed by atoms with Crippen molar-refractivity contribution in [2.24, 2.45) is 0 Å². The molecule has 0 amide bonds. The van der Waals surface area contributed by atoms with E-state index in [9.17, 15) is 9.18 Å². The van der Waals surface area contributed by atoms with Gasteiger partial charge in [0, 0.05) is 5.56 Å². The number of hydrogen-bond donors (Lipinski definition) is 0. The Morgan fingerprint density at radius 1 is 1.40 bits per heavy atom. The summed E-state index contributed by atoms with van der Waals surface area (Å²) in [5.41, 5.74) is 0.183. The molecule has 0 N–H and O–H groups in total. The molecule has 0 saturated carbocycles. The number of rotatable bonds is 3. The van der Waals surface area contributed by atoms with Crippen LogP contribution in [-0.4, -0.2) is 12.6 Å². The zero-order chi connectivity index (χ0) is 11.4. The van der Waals surface area contributed by atoms with Crippen LogP contribution in [0.5, 0.6) is 0 Å². The van der Waals surface area contributed by atoms with Crippen LogP contribution in [0.3, 0.4) is 0 Å². The molecule has 15 heavy (non-hydrogen) atoms. The highest BCUT2D eigenvalue weighted by Crippen LogP contribution is 2.25. The van der Waals surface area contributed by atoms with Crippen molar-refractivity contribution in [3.63, 3.8) is 0 Å².